The number of halogens is 5. The predicted octanol–water partition coefficient (Wildman–Crippen LogP) is 5.53. The van der Waals surface area contributed by atoms with Crippen molar-refractivity contribution in [3.05, 3.63) is 56.2 Å². The van der Waals surface area contributed by atoms with Gasteiger partial charge in [-0.25, -0.2) is 9.07 Å². The molecule has 3 aliphatic rings. The summed E-state index contributed by atoms with van der Waals surface area (Å²) in [6.07, 6.45) is -1.29. The van der Waals surface area contributed by atoms with E-state index in [0.717, 1.165) is 17.2 Å². The molecule has 5 nitrogen and oxygen atoms in total. The number of benzene rings is 1. The van der Waals surface area contributed by atoms with E-state index in [9.17, 15) is 27.2 Å². The van der Waals surface area contributed by atoms with Gasteiger partial charge in [-0.3, -0.25) is 9.59 Å². The molecule has 5 rings (SSSR count). The number of Topliss-reactive ketones (excluding diaryl/α,β-unsaturated/α-hetero) is 1. The average Bonchev–Trinajstić information content (AvgIpc) is 2.73. The number of aromatic nitrogens is 2. The molecule has 2 bridgehead atoms. The Balaban J connectivity index is 1.51. The highest BCUT2D eigenvalue weighted by atomic mass is 79.9. The van der Waals surface area contributed by atoms with Crippen molar-refractivity contribution in [1.82, 2.24) is 9.78 Å². The molecule has 0 spiro atoms. The minimum atomic E-state index is -4.93. The van der Waals surface area contributed by atoms with E-state index in [0.29, 0.717) is 41.0 Å². The van der Waals surface area contributed by atoms with Crippen molar-refractivity contribution in [1.29, 1.82) is 0 Å². The summed E-state index contributed by atoms with van der Waals surface area (Å²) >= 11 is 3.27. The molecule has 0 aliphatic heterocycles. The van der Waals surface area contributed by atoms with Gasteiger partial charge in [0.1, 0.15) is 16.8 Å². The second kappa shape index (κ2) is 8.21. The maximum atomic E-state index is 13.5. The number of alkyl halides is 3. The van der Waals surface area contributed by atoms with Crippen molar-refractivity contribution in [2.45, 2.75) is 52.4 Å². The summed E-state index contributed by atoms with van der Waals surface area (Å²) in [6, 6.07) is 2.19. The lowest BCUT2D eigenvalue weighted by atomic mass is 9.45. The average molecular weight is 530 g/mol. The summed E-state index contributed by atoms with van der Waals surface area (Å²) in [7, 11) is 0. The van der Waals surface area contributed by atoms with Gasteiger partial charge in [0.25, 0.3) is 5.56 Å². The van der Waals surface area contributed by atoms with Gasteiger partial charge in [-0.15, -0.1) is 0 Å². The predicted molar refractivity (Wildman–Crippen MR) is 118 cm³/mol. The second-order valence-corrected chi connectivity index (χ2v) is 10.4. The molecule has 1 heterocycles. The molecule has 10 heteroatoms. The molecule has 1 aromatic carbocycles. The van der Waals surface area contributed by atoms with Crippen molar-refractivity contribution in [2.24, 2.45) is 23.2 Å². The first-order valence-electron chi connectivity index (χ1n) is 10.7. The smallest absolute Gasteiger partial charge is 0.380 e. The molecule has 2 aromatic rings. The van der Waals surface area contributed by atoms with Crippen molar-refractivity contribution < 1.29 is 22.4 Å². The lowest BCUT2D eigenvalue weighted by Gasteiger charge is -2.62. The van der Waals surface area contributed by atoms with Gasteiger partial charge in [-0.05, 0) is 70.1 Å². The fraction of sp³-hybridized carbons (Fsp3) is 0.522. The zero-order chi connectivity index (χ0) is 24.3. The Labute approximate surface area is 196 Å². The monoisotopic (exact) mass is 529 g/mol. The molecule has 0 saturated heterocycles. The van der Waals surface area contributed by atoms with E-state index in [4.69, 9.17) is 0 Å². The van der Waals surface area contributed by atoms with Crippen LogP contribution in [-0.4, -0.2) is 21.6 Å². The number of hydrogen-bond acceptors (Lipinski definition) is 4. The number of carbonyl (C=O) groups is 1. The zero-order valence-corrected chi connectivity index (χ0v) is 19.9. The third kappa shape index (κ3) is 4.22. The maximum absolute atomic E-state index is 13.5. The van der Waals surface area contributed by atoms with E-state index in [1.807, 2.05) is 0 Å². The molecule has 3 saturated carbocycles. The lowest BCUT2D eigenvalue weighted by Crippen LogP contribution is -2.58. The fourth-order valence-electron chi connectivity index (χ4n) is 5.36. The van der Waals surface area contributed by atoms with E-state index < -0.39 is 35.4 Å². The number of ketones is 1. The van der Waals surface area contributed by atoms with Gasteiger partial charge in [0, 0.05) is 11.6 Å². The molecule has 4 atom stereocenters. The summed E-state index contributed by atoms with van der Waals surface area (Å²) in [5.41, 5.74) is -1.63. The third-order valence-electron chi connectivity index (χ3n) is 7.57. The topological polar surface area (TPSA) is 64.0 Å². The molecule has 3 aliphatic carbocycles. The van der Waals surface area contributed by atoms with Crippen LogP contribution in [0.3, 0.4) is 0 Å². The van der Waals surface area contributed by atoms with Crippen molar-refractivity contribution in [2.75, 3.05) is 5.32 Å². The van der Waals surface area contributed by atoms with E-state index >= 15 is 0 Å². The number of carbonyl (C=O) groups excluding carboxylic acids is 1. The summed E-state index contributed by atoms with van der Waals surface area (Å²) in [6.45, 7) is 6.23. The van der Waals surface area contributed by atoms with Gasteiger partial charge >= 0.3 is 6.18 Å². The van der Waals surface area contributed by atoms with Gasteiger partial charge in [0.15, 0.2) is 5.78 Å². The van der Waals surface area contributed by atoms with E-state index in [1.54, 1.807) is 0 Å². The number of fused-ring (bicyclic) bond motifs is 2. The van der Waals surface area contributed by atoms with Crippen molar-refractivity contribution >= 4 is 27.4 Å². The Hall–Kier alpha value is -2.23. The highest BCUT2D eigenvalue weighted by Crippen LogP contribution is 2.61. The number of nitrogens with one attached hydrogen (secondary N) is 1. The SMILES string of the molecule is C[C@@H]1[C@H]2C[C@@H](C[C@H]1Nc1cnn(CC(=O)c3ccc(F)c(C(F)(F)F)c3)c(=O)c1Br)C2(C)C. The van der Waals surface area contributed by atoms with Crippen LogP contribution in [-0.2, 0) is 12.7 Å². The molecule has 1 aromatic heterocycles. The highest BCUT2D eigenvalue weighted by Gasteiger charge is 2.56. The van der Waals surface area contributed by atoms with E-state index in [1.165, 1.54) is 12.6 Å². The fourth-order valence-corrected chi connectivity index (χ4v) is 5.78. The van der Waals surface area contributed by atoms with Gasteiger partial charge in [0.2, 0.25) is 0 Å². The van der Waals surface area contributed by atoms with Crippen molar-refractivity contribution in [3.8, 4) is 0 Å². The molecule has 0 unspecified atom stereocenters. The Morgan fingerprint density at radius 2 is 2.00 bits per heavy atom. The van der Waals surface area contributed by atoms with Crippen LogP contribution in [0.4, 0.5) is 23.2 Å². The first kappa shape index (κ1) is 23.9. The summed E-state index contributed by atoms with van der Waals surface area (Å²) in [4.78, 5) is 25.3. The number of rotatable bonds is 5. The lowest BCUT2D eigenvalue weighted by molar-refractivity contribution is -0.140. The molecule has 178 valence electrons. The van der Waals surface area contributed by atoms with Crippen LogP contribution < -0.4 is 10.9 Å². The summed E-state index contributed by atoms with van der Waals surface area (Å²) < 4.78 is 53.4. The first-order valence-corrected chi connectivity index (χ1v) is 11.5. The first-order chi connectivity index (χ1) is 15.3. The minimum Gasteiger partial charge on any atom is -0.380 e. The molecular formula is C23H24BrF4N3O2. The molecule has 1 N–H and O–H groups in total. The van der Waals surface area contributed by atoms with Gasteiger partial charge in [0.05, 0.1) is 17.4 Å². The zero-order valence-electron chi connectivity index (χ0n) is 18.3. The Kier molecular flexibility index (Phi) is 5.95. The molecule has 3 fully saturated rings. The van der Waals surface area contributed by atoms with Gasteiger partial charge in [-0.1, -0.05) is 20.8 Å². The Morgan fingerprint density at radius 1 is 1.30 bits per heavy atom. The standard InChI is InChI=1S/C23H24BrF4N3O2/c1-11-14-7-13(22(14,2)3)8-17(11)30-18-9-29-31(21(33)20(18)24)10-19(32)12-4-5-16(25)15(6-12)23(26,27)28/h4-6,9,11,13-14,17,30H,7-8,10H2,1-3H3/t11-,13+,14-,17-/m1/s1. The normalized spacial score (nSPS) is 25.9. The van der Waals surface area contributed by atoms with Gasteiger partial charge < -0.3 is 5.32 Å². The van der Waals surface area contributed by atoms with Crippen LogP contribution >= 0.6 is 15.9 Å². The Bertz CT molecular complexity index is 1160. The second-order valence-electron chi connectivity index (χ2n) is 9.66. The quantitative estimate of drug-likeness (QED) is 0.408. The van der Waals surface area contributed by atoms with Crippen molar-refractivity contribution in [3.63, 3.8) is 0 Å². The van der Waals surface area contributed by atoms with Gasteiger partial charge in [-0.2, -0.15) is 18.3 Å². The maximum Gasteiger partial charge on any atom is 0.419 e. The third-order valence-corrected chi connectivity index (χ3v) is 8.33. The van der Waals surface area contributed by atoms with Crippen LogP contribution in [0.25, 0.3) is 0 Å². The molecule has 0 amide bonds. The van der Waals surface area contributed by atoms with Crippen LogP contribution in [0.5, 0.6) is 0 Å². The number of hydrogen-bond donors (Lipinski definition) is 1. The summed E-state index contributed by atoms with van der Waals surface area (Å²) in [5, 5.41) is 7.44. The van der Waals surface area contributed by atoms with E-state index in [-0.39, 0.29) is 16.1 Å². The largest absolute Gasteiger partial charge is 0.419 e. The molecule has 33 heavy (non-hydrogen) atoms. The van der Waals surface area contributed by atoms with Crippen LogP contribution in [0.15, 0.2) is 33.7 Å². The Morgan fingerprint density at radius 3 is 2.61 bits per heavy atom. The van der Waals surface area contributed by atoms with Crippen LogP contribution in [0.2, 0.25) is 0 Å². The number of anilines is 1. The van der Waals surface area contributed by atoms with Crippen LogP contribution in [0.1, 0.15) is 49.5 Å². The number of nitrogens with zero attached hydrogens (tertiary/aromatic N) is 2. The highest BCUT2D eigenvalue weighted by molar-refractivity contribution is 9.10. The molecule has 0 radical (unpaired) electrons. The van der Waals surface area contributed by atoms with E-state index in [2.05, 4.69) is 47.1 Å². The van der Waals surface area contributed by atoms with Crippen LogP contribution in [0, 0.1) is 29.0 Å². The molecular weight excluding hydrogens is 506 g/mol. The summed E-state index contributed by atoms with van der Waals surface area (Å²) in [5.74, 6) is -0.604. The minimum absolute atomic E-state index is 0.191.